The molecule has 0 aliphatic rings. The fourth-order valence-electron chi connectivity index (χ4n) is 1.70. The fourth-order valence-corrected chi connectivity index (χ4v) is 2.47. The van der Waals surface area contributed by atoms with Crippen LogP contribution in [0.3, 0.4) is 0 Å². The van der Waals surface area contributed by atoms with Crippen LogP contribution in [0.2, 0.25) is 15.1 Å². The van der Waals surface area contributed by atoms with Crippen LogP contribution in [0.4, 0.5) is 5.69 Å². The zero-order valence-electron chi connectivity index (χ0n) is 10.3. The average molecular weight is 330 g/mol. The number of amides is 1. The summed E-state index contributed by atoms with van der Waals surface area (Å²) in [5, 5.41) is 4.74. The van der Waals surface area contributed by atoms with Crippen molar-refractivity contribution in [2.75, 3.05) is 5.32 Å². The summed E-state index contributed by atoms with van der Waals surface area (Å²) in [7, 11) is 0. The highest BCUT2D eigenvalue weighted by Gasteiger charge is 2.06. The Balaban J connectivity index is 2.12. The second-order valence-corrected chi connectivity index (χ2v) is 5.46. The first-order valence-corrected chi connectivity index (χ1v) is 6.87. The lowest BCUT2D eigenvalue weighted by Gasteiger charge is -2.09. The topological polar surface area (TPSA) is 55.1 Å². The van der Waals surface area contributed by atoms with Gasteiger partial charge in [-0.2, -0.15) is 0 Å². The monoisotopic (exact) mass is 328 g/mol. The zero-order valence-corrected chi connectivity index (χ0v) is 12.6. The first-order chi connectivity index (χ1) is 9.45. The Kier molecular flexibility index (Phi) is 4.76. The Morgan fingerprint density at radius 3 is 2.25 bits per heavy atom. The summed E-state index contributed by atoms with van der Waals surface area (Å²) in [5.41, 5.74) is 7.20. The van der Waals surface area contributed by atoms with Gasteiger partial charge in [-0.25, -0.2) is 0 Å². The molecule has 20 heavy (non-hydrogen) atoms. The Labute approximate surface area is 131 Å². The van der Waals surface area contributed by atoms with Crippen LogP contribution in [0, 0.1) is 0 Å². The maximum atomic E-state index is 11.0. The average Bonchev–Trinajstić information content (AvgIpc) is 2.36. The van der Waals surface area contributed by atoms with E-state index in [1.807, 2.05) is 0 Å². The fraction of sp³-hybridized carbons (Fsp3) is 0.0714. The predicted molar refractivity (Wildman–Crippen MR) is 83.8 cm³/mol. The van der Waals surface area contributed by atoms with E-state index in [9.17, 15) is 4.79 Å². The van der Waals surface area contributed by atoms with Gasteiger partial charge in [0.05, 0.1) is 0 Å². The molecule has 0 aliphatic carbocycles. The van der Waals surface area contributed by atoms with E-state index in [1.54, 1.807) is 36.4 Å². The highest BCUT2D eigenvalue weighted by molar-refractivity contribution is 6.35. The zero-order chi connectivity index (χ0) is 14.7. The summed E-state index contributed by atoms with van der Waals surface area (Å²) in [5.74, 6) is -0.506. The number of rotatable bonds is 4. The molecule has 0 bridgehead atoms. The van der Waals surface area contributed by atoms with Crippen molar-refractivity contribution in [2.45, 2.75) is 6.54 Å². The molecule has 0 heterocycles. The van der Waals surface area contributed by atoms with Crippen LogP contribution in [0.1, 0.15) is 15.9 Å². The van der Waals surface area contributed by atoms with Gasteiger partial charge in [-0.05, 0) is 35.9 Å². The number of halogens is 3. The lowest BCUT2D eigenvalue weighted by atomic mass is 10.1. The Morgan fingerprint density at radius 2 is 1.70 bits per heavy atom. The van der Waals surface area contributed by atoms with Gasteiger partial charge in [0.15, 0.2) is 0 Å². The van der Waals surface area contributed by atoms with Crippen LogP contribution >= 0.6 is 34.8 Å². The molecule has 0 fully saturated rings. The summed E-state index contributed by atoms with van der Waals surface area (Å²) in [6.45, 7) is 0.481. The number of hydrogen-bond acceptors (Lipinski definition) is 2. The first kappa shape index (κ1) is 15.0. The van der Waals surface area contributed by atoms with Crippen LogP contribution in [0.5, 0.6) is 0 Å². The van der Waals surface area contributed by atoms with Gasteiger partial charge in [0.2, 0.25) is 5.91 Å². The van der Waals surface area contributed by atoms with E-state index in [4.69, 9.17) is 40.5 Å². The van der Waals surface area contributed by atoms with Gasteiger partial charge in [-0.3, -0.25) is 4.79 Å². The van der Waals surface area contributed by atoms with Crippen LogP contribution in [0.15, 0.2) is 36.4 Å². The summed E-state index contributed by atoms with van der Waals surface area (Å²) in [6, 6.07) is 10.1. The van der Waals surface area contributed by atoms with Crippen LogP contribution in [-0.4, -0.2) is 5.91 Å². The van der Waals surface area contributed by atoms with E-state index >= 15 is 0 Å². The second kappa shape index (κ2) is 6.35. The standard InChI is InChI=1S/C14H11Cl3N2O/c15-10-4-11(16)6-12(5-10)19-7-9-2-1-8(14(18)20)3-13(9)17/h1-6,19H,7H2,(H2,18,20). The smallest absolute Gasteiger partial charge is 0.248 e. The number of nitrogens with two attached hydrogens (primary N) is 1. The molecule has 0 saturated carbocycles. The Hall–Kier alpha value is -1.42. The molecule has 0 atom stereocenters. The minimum absolute atomic E-state index is 0.379. The molecule has 2 aromatic carbocycles. The Bertz CT molecular complexity index is 639. The van der Waals surface area contributed by atoms with E-state index in [-0.39, 0.29) is 0 Å². The van der Waals surface area contributed by atoms with Gasteiger partial charge in [0.1, 0.15) is 0 Å². The quantitative estimate of drug-likeness (QED) is 0.875. The van der Waals surface area contributed by atoms with Crippen molar-refractivity contribution in [1.29, 1.82) is 0 Å². The molecule has 3 nitrogen and oxygen atoms in total. The van der Waals surface area contributed by atoms with Crippen molar-refractivity contribution < 1.29 is 4.79 Å². The molecular formula is C14H11Cl3N2O. The van der Waals surface area contributed by atoms with Crippen molar-refractivity contribution in [2.24, 2.45) is 5.73 Å². The van der Waals surface area contributed by atoms with E-state index in [2.05, 4.69) is 5.32 Å². The molecule has 0 radical (unpaired) electrons. The van der Waals surface area contributed by atoms with E-state index in [0.717, 1.165) is 11.3 Å². The van der Waals surface area contributed by atoms with Gasteiger partial charge in [0, 0.05) is 32.9 Å². The summed E-state index contributed by atoms with van der Waals surface area (Å²) in [6.07, 6.45) is 0. The highest BCUT2D eigenvalue weighted by Crippen LogP contribution is 2.24. The predicted octanol–water partition coefficient (Wildman–Crippen LogP) is 4.36. The van der Waals surface area contributed by atoms with E-state index < -0.39 is 5.91 Å². The number of carbonyl (C=O) groups excluding carboxylic acids is 1. The largest absolute Gasteiger partial charge is 0.381 e. The third-order valence-corrected chi connectivity index (χ3v) is 3.47. The molecular weight excluding hydrogens is 319 g/mol. The van der Waals surface area contributed by atoms with Crippen LogP contribution in [-0.2, 0) is 6.54 Å². The normalized spacial score (nSPS) is 10.3. The number of primary amides is 1. The minimum Gasteiger partial charge on any atom is -0.381 e. The molecule has 1 amide bonds. The summed E-state index contributed by atoms with van der Waals surface area (Å²) >= 11 is 17.9. The summed E-state index contributed by atoms with van der Waals surface area (Å²) < 4.78 is 0. The second-order valence-electron chi connectivity index (χ2n) is 4.18. The van der Waals surface area contributed by atoms with Gasteiger partial charge < -0.3 is 11.1 Å². The van der Waals surface area contributed by atoms with Crippen LogP contribution in [0.25, 0.3) is 0 Å². The van der Waals surface area contributed by atoms with Crippen molar-refractivity contribution in [3.63, 3.8) is 0 Å². The maximum Gasteiger partial charge on any atom is 0.248 e. The van der Waals surface area contributed by atoms with Gasteiger partial charge >= 0.3 is 0 Å². The number of hydrogen-bond donors (Lipinski definition) is 2. The van der Waals surface area contributed by atoms with Crippen LogP contribution < -0.4 is 11.1 Å². The lowest BCUT2D eigenvalue weighted by molar-refractivity contribution is 0.100. The molecule has 104 valence electrons. The Morgan fingerprint density at radius 1 is 1.05 bits per heavy atom. The van der Waals surface area contributed by atoms with E-state index in [0.29, 0.717) is 27.2 Å². The first-order valence-electron chi connectivity index (χ1n) is 5.74. The van der Waals surface area contributed by atoms with Gasteiger partial charge in [0.25, 0.3) is 0 Å². The molecule has 0 unspecified atom stereocenters. The third kappa shape index (κ3) is 3.79. The van der Waals surface area contributed by atoms with Crippen molar-refractivity contribution >= 4 is 46.4 Å². The van der Waals surface area contributed by atoms with Crippen molar-refractivity contribution in [1.82, 2.24) is 0 Å². The number of benzene rings is 2. The van der Waals surface area contributed by atoms with Gasteiger partial charge in [-0.15, -0.1) is 0 Å². The molecule has 0 aromatic heterocycles. The molecule has 2 rings (SSSR count). The molecule has 0 aliphatic heterocycles. The minimum atomic E-state index is -0.506. The summed E-state index contributed by atoms with van der Waals surface area (Å²) in [4.78, 5) is 11.0. The maximum absolute atomic E-state index is 11.0. The molecule has 6 heteroatoms. The van der Waals surface area contributed by atoms with Crippen molar-refractivity contribution in [3.8, 4) is 0 Å². The highest BCUT2D eigenvalue weighted by atomic mass is 35.5. The molecule has 0 spiro atoms. The lowest BCUT2D eigenvalue weighted by Crippen LogP contribution is -2.11. The van der Waals surface area contributed by atoms with Crippen molar-refractivity contribution in [3.05, 3.63) is 62.6 Å². The molecule has 3 N–H and O–H groups in total. The molecule has 0 saturated heterocycles. The van der Waals surface area contributed by atoms with E-state index in [1.165, 1.54) is 0 Å². The number of carbonyl (C=O) groups is 1. The SMILES string of the molecule is NC(=O)c1ccc(CNc2cc(Cl)cc(Cl)c2)c(Cl)c1. The molecule has 2 aromatic rings. The van der Waals surface area contributed by atoms with Gasteiger partial charge in [-0.1, -0.05) is 40.9 Å². The number of nitrogens with one attached hydrogen (secondary N) is 1. The third-order valence-electron chi connectivity index (χ3n) is 2.68. The number of anilines is 1.